The predicted octanol–water partition coefficient (Wildman–Crippen LogP) is 3.13. The largest absolute Gasteiger partial charge is 0.496 e. The molecule has 26 heavy (non-hydrogen) atoms. The van der Waals surface area contributed by atoms with Crippen molar-refractivity contribution in [1.29, 1.82) is 0 Å². The SMILES string of the molecule is COc1ccc(C)cc1CCNC(=O)[C@H](C)NC(=O)c1ccccc1Cl. The van der Waals surface area contributed by atoms with Crippen LogP contribution in [-0.4, -0.2) is 31.5 Å². The summed E-state index contributed by atoms with van der Waals surface area (Å²) in [5.41, 5.74) is 2.51. The summed E-state index contributed by atoms with van der Waals surface area (Å²) in [6, 6.07) is 12.0. The Kier molecular flexibility index (Phi) is 7.04. The van der Waals surface area contributed by atoms with E-state index in [0.29, 0.717) is 23.6 Å². The molecule has 6 heteroatoms. The van der Waals surface area contributed by atoms with Crippen molar-refractivity contribution in [1.82, 2.24) is 10.6 Å². The number of methoxy groups -OCH3 is 1. The van der Waals surface area contributed by atoms with Crippen LogP contribution in [0.2, 0.25) is 5.02 Å². The smallest absolute Gasteiger partial charge is 0.253 e. The van der Waals surface area contributed by atoms with Gasteiger partial charge < -0.3 is 15.4 Å². The first kappa shape index (κ1) is 19.8. The average molecular weight is 375 g/mol. The fourth-order valence-electron chi connectivity index (χ4n) is 2.56. The second-order valence-corrected chi connectivity index (χ2v) is 6.44. The maximum atomic E-state index is 12.2. The lowest BCUT2D eigenvalue weighted by Crippen LogP contribution is -2.45. The molecular formula is C20H23ClN2O3. The molecule has 0 aliphatic carbocycles. The minimum Gasteiger partial charge on any atom is -0.496 e. The minimum absolute atomic E-state index is 0.253. The Morgan fingerprint density at radius 3 is 2.62 bits per heavy atom. The van der Waals surface area contributed by atoms with Gasteiger partial charge in [0.2, 0.25) is 5.91 Å². The first-order chi connectivity index (χ1) is 12.4. The van der Waals surface area contributed by atoms with Gasteiger partial charge in [-0.05, 0) is 44.0 Å². The lowest BCUT2D eigenvalue weighted by atomic mass is 10.1. The molecule has 2 aromatic rings. The van der Waals surface area contributed by atoms with Gasteiger partial charge in [0, 0.05) is 6.54 Å². The molecule has 0 radical (unpaired) electrons. The summed E-state index contributed by atoms with van der Waals surface area (Å²) in [5.74, 6) is 0.167. The molecule has 2 rings (SSSR count). The highest BCUT2D eigenvalue weighted by molar-refractivity contribution is 6.33. The Labute approximate surface area is 158 Å². The highest BCUT2D eigenvalue weighted by Crippen LogP contribution is 2.19. The molecule has 0 aliphatic rings. The number of carbonyl (C=O) groups excluding carboxylic acids is 2. The number of benzene rings is 2. The van der Waals surface area contributed by atoms with E-state index >= 15 is 0 Å². The number of aryl methyl sites for hydroxylation is 1. The van der Waals surface area contributed by atoms with Crippen LogP contribution in [0.1, 0.15) is 28.4 Å². The summed E-state index contributed by atoms with van der Waals surface area (Å²) in [6.45, 7) is 4.09. The fourth-order valence-corrected chi connectivity index (χ4v) is 2.78. The van der Waals surface area contributed by atoms with Gasteiger partial charge in [-0.2, -0.15) is 0 Å². The van der Waals surface area contributed by atoms with Gasteiger partial charge in [-0.25, -0.2) is 0 Å². The van der Waals surface area contributed by atoms with Gasteiger partial charge in [-0.15, -0.1) is 0 Å². The third-order valence-corrected chi connectivity index (χ3v) is 4.32. The Morgan fingerprint density at radius 1 is 1.19 bits per heavy atom. The molecule has 0 aromatic heterocycles. The fraction of sp³-hybridized carbons (Fsp3) is 0.300. The summed E-state index contributed by atoms with van der Waals surface area (Å²) < 4.78 is 5.34. The van der Waals surface area contributed by atoms with Crippen molar-refractivity contribution in [2.45, 2.75) is 26.3 Å². The third kappa shape index (κ3) is 5.23. The van der Waals surface area contributed by atoms with Crippen LogP contribution in [0.25, 0.3) is 0 Å². The van der Waals surface area contributed by atoms with Crippen LogP contribution in [0.15, 0.2) is 42.5 Å². The van der Waals surface area contributed by atoms with Crippen LogP contribution in [0.4, 0.5) is 0 Å². The van der Waals surface area contributed by atoms with Crippen molar-refractivity contribution in [3.63, 3.8) is 0 Å². The van der Waals surface area contributed by atoms with E-state index in [4.69, 9.17) is 16.3 Å². The highest BCUT2D eigenvalue weighted by atomic mass is 35.5. The molecule has 0 heterocycles. The first-order valence-corrected chi connectivity index (χ1v) is 8.76. The monoisotopic (exact) mass is 374 g/mol. The van der Waals surface area contributed by atoms with E-state index in [1.165, 1.54) is 0 Å². The lowest BCUT2D eigenvalue weighted by molar-refractivity contribution is -0.122. The van der Waals surface area contributed by atoms with Gasteiger partial charge in [0.25, 0.3) is 5.91 Å². The molecular weight excluding hydrogens is 352 g/mol. The van der Waals surface area contributed by atoms with E-state index in [1.807, 2.05) is 25.1 Å². The number of hydrogen-bond acceptors (Lipinski definition) is 3. The summed E-state index contributed by atoms with van der Waals surface area (Å²) in [7, 11) is 1.62. The standard InChI is InChI=1S/C20H23ClN2O3/c1-13-8-9-18(26-3)15(12-13)10-11-22-19(24)14(2)23-20(25)16-6-4-5-7-17(16)21/h4-9,12,14H,10-11H2,1-3H3,(H,22,24)(H,23,25)/t14-/m0/s1. The van der Waals surface area contributed by atoms with Crippen LogP contribution in [-0.2, 0) is 11.2 Å². The zero-order valence-corrected chi connectivity index (χ0v) is 15.9. The maximum absolute atomic E-state index is 12.2. The Balaban J connectivity index is 1.87. The first-order valence-electron chi connectivity index (χ1n) is 8.39. The van der Waals surface area contributed by atoms with E-state index in [-0.39, 0.29) is 11.8 Å². The van der Waals surface area contributed by atoms with Crippen molar-refractivity contribution < 1.29 is 14.3 Å². The van der Waals surface area contributed by atoms with Gasteiger partial charge in [-0.1, -0.05) is 41.4 Å². The van der Waals surface area contributed by atoms with Gasteiger partial charge in [0.1, 0.15) is 11.8 Å². The average Bonchev–Trinajstić information content (AvgIpc) is 2.62. The highest BCUT2D eigenvalue weighted by Gasteiger charge is 2.17. The van der Waals surface area contributed by atoms with Gasteiger partial charge in [0.05, 0.1) is 17.7 Å². The van der Waals surface area contributed by atoms with E-state index in [9.17, 15) is 9.59 Å². The van der Waals surface area contributed by atoms with Crippen molar-refractivity contribution in [2.75, 3.05) is 13.7 Å². The van der Waals surface area contributed by atoms with Gasteiger partial charge >= 0.3 is 0 Å². The molecule has 0 saturated heterocycles. The van der Waals surface area contributed by atoms with Crippen molar-refractivity contribution in [3.05, 3.63) is 64.2 Å². The van der Waals surface area contributed by atoms with Crippen molar-refractivity contribution in [2.24, 2.45) is 0 Å². The summed E-state index contributed by atoms with van der Waals surface area (Å²) >= 11 is 6.00. The van der Waals surface area contributed by atoms with E-state index in [0.717, 1.165) is 16.9 Å². The molecule has 138 valence electrons. The Bertz CT molecular complexity index is 792. The third-order valence-electron chi connectivity index (χ3n) is 3.99. The molecule has 0 spiro atoms. The van der Waals surface area contributed by atoms with Crippen molar-refractivity contribution >= 4 is 23.4 Å². The van der Waals surface area contributed by atoms with Crippen LogP contribution in [0, 0.1) is 6.92 Å². The van der Waals surface area contributed by atoms with Crippen LogP contribution >= 0.6 is 11.6 Å². The van der Waals surface area contributed by atoms with Crippen LogP contribution < -0.4 is 15.4 Å². The number of hydrogen-bond donors (Lipinski definition) is 2. The molecule has 2 amide bonds. The number of carbonyl (C=O) groups is 2. The number of nitrogens with one attached hydrogen (secondary N) is 2. The molecule has 0 saturated carbocycles. The maximum Gasteiger partial charge on any atom is 0.253 e. The molecule has 2 N–H and O–H groups in total. The zero-order valence-electron chi connectivity index (χ0n) is 15.1. The number of ether oxygens (including phenoxy) is 1. The minimum atomic E-state index is -0.668. The van der Waals surface area contributed by atoms with E-state index in [2.05, 4.69) is 10.6 Å². The Morgan fingerprint density at radius 2 is 1.92 bits per heavy atom. The Hall–Kier alpha value is -2.53. The number of halogens is 1. The molecule has 0 aliphatic heterocycles. The second-order valence-electron chi connectivity index (χ2n) is 6.03. The van der Waals surface area contributed by atoms with Gasteiger partial charge in [-0.3, -0.25) is 9.59 Å². The van der Waals surface area contributed by atoms with E-state index in [1.54, 1.807) is 38.3 Å². The molecule has 2 aromatic carbocycles. The summed E-state index contributed by atoms with van der Waals surface area (Å²) in [5, 5.41) is 5.84. The van der Waals surface area contributed by atoms with Crippen LogP contribution in [0.3, 0.4) is 0 Å². The predicted molar refractivity (Wildman–Crippen MR) is 103 cm³/mol. The molecule has 0 unspecified atom stereocenters. The molecule has 0 fully saturated rings. The summed E-state index contributed by atoms with van der Waals surface area (Å²) in [6.07, 6.45) is 0.641. The topological polar surface area (TPSA) is 67.4 Å². The molecule has 1 atom stereocenters. The summed E-state index contributed by atoms with van der Waals surface area (Å²) in [4.78, 5) is 24.4. The van der Waals surface area contributed by atoms with Gasteiger partial charge in [0.15, 0.2) is 0 Å². The molecule has 0 bridgehead atoms. The van der Waals surface area contributed by atoms with Crippen LogP contribution in [0.5, 0.6) is 5.75 Å². The number of amides is 2. The quantitative estimate of drug-likeness (QED) is 0.782. The lowest BCUT2D eigenvalue weighted by Gasteiger charge is -2.15. The van der Waals surface area contributed by atoms with Crippen molar-refractivity contribution in [3.8, 4) is 5.75 Å². The second kappa shape index (κ2) is 9.25. The van der Waals surface area contributed by atoms with E-state index < -0.39 is 6.04 Å². The normalized spacial score (nSPS) is 11.5. The molecule has 5 nitrogen and oxygen atoms in total. The zero-order chi connectivity index (χ0) is 19.1. The number of rotatable bonds is 7.